The molecule has 2 fully saturated rings. The molecule has 12 aromatic rings. The standard InChI is InChI=1S/C98H102O8P4/c1-67(2)79-55-37-57-87(107(71-39-21-13-22-40-71)72-41-23-14-24-42-72)93(79)99-63-83-85(105-97(9,10)103-83)65-101-95-89(109(75-47-29-17-30-48-75)76-49-31-18-32-50-76)61-59-81(91(95)69(5)6)82-60-62-90(110(77-51-33-19-34-52-77)78-53-35-20-36-54-78)96(92(82)70(7)8)102-66-86-84(104-98(11,12)106-86)64-100-94-80(68(3)4)56-38-58-88(94)108(73-43-25-15-26-44-73)74-45-27-16-28-46-74/h13-62,67-70,83-86H,63-66H2,1-12H3/t83-,84+,85-,86+. The Labute approximate surface area is 657 Å². The van der Waals surface area contributed by atoms with E-state index in [2.05, 4.69) is 359 Å². The molecule has 0 spiro atoms. The van der Waals surface area contributed by atoms with E-state index in [1.165, 1.54) is 53.0 Å². The zero-order chi connectivity index (χ0) is 76.5. The molecule has 0 amide bonds. The van der Waals surface area contributed by atoms with Gasteiger partial charge in [0.25, 0.3) is 0 Å². The third kappa shape index (κ3) is 17.7. The van der Waals surface area contributed by atoms with Gasteiger partial charge in [0, 0.05) is 32.3 Å². The van der Waals surface area contributed by atoms with Gasteiger partial charge in [0.05, 0.1) is 0 Å². The fourth-order valence-electron chi connectivity index (χ4n) is 15.5. The average Bonchev–Trinajstić information content (AvgIpc) is 0.850. The minimum absolute atomic E-state index is 0.0326. The van der Waals surface area contributed by atoms with Crippen molar-refractivity contribution in [3.05, 3.63) is 326 Å². The van der Waals surface area contributed by atoms with Crippen LogP contribution in [0, 0.1) is 0 Å². The third-order valence-electron chi connectivity index (χ3n) is 20.3. The van der Waals surface area contributed by atoms with Crippen molar-refractivity contribution in [3.8, 4) is 34.1 Å². The van der Waals surface area contributed by atoms with Crippen molar-refractivity contribution in [1.82, 2.24) is 0 Å². The van der Waals surface area contributed by atoms with Crippen LogP contribution in [0.5, 0.6) is 23.0 Å². The molecule has 12 aromatic carbocycles. The van der Waals surface area contributed by atoms with Crippen LogP contribution in [-0.2, 0) is 18.9 Å². The van der Waals surface area contributed by atoms with Gasteiger partial charge >= 0.3 is 0 Å². The van der Waals surface area contributed by atoms with Gasteiger partial charge in [0.15, 0.2) is 11.6 Å². The molecule has 4 atom stereocenters. The van der Waals surface area contributed by atoms with Gasteiger partial charge < -0.3 is 37.9 Å². The number of hydrogen-bond donors (Lipinski definition) is 0. The molecule has 0 saturated carbocycles. The Bertz CT molecular complexity index is 4500. The monoisotopic (exact) mass is 1530 g/mol. The van der Waals surface area contributed by atoms with Crippen molar-refractivity contribution in [2.75, 3.05) is 26.4 Å². The Morgan fingerprint density at radius 3 is 0.664 bits per heavy atom. The fourth-order valence-corrected chi connectivity index (χ4v) is 25.1. The van der Waals surface area contributed by atoms with Crippen molar-refractivity contribution >= 4 is 95.3 Å². The van der Waals surface area contributed by atoms with Gasteiger partial charge in [-0.05, 0) is 160 Å². The molecule has 2 heterocycles. The summed E-state index contributed by atoms with van der Waals surface area (Å²) in [5.41, 5.74) is 6.66. The van der Waals surface area contributed by atoms with Crippen LogP contribution in [0.2, 0.25) is 0 Å². The second-order valence-electron chi connectivity index (χ2n) is 30.5. The first kappa shape index (κ1) is 78.1. The molecule has 110 heavy (non-hydrogen) atoms. The van der Waals surface area contributed by atoms with Crippen LogP contribution in [-0.4, -0.2) is 62.4 Å². The molecular formula is C98H102O8P4. The quantitative estimate of drug-likeness (QED) is 0.0430. The maximum Gasteiger partial charge on any atom is 0.164 e. The molecule has 0 N–H and O–H groups in total. The molecule has 0 bridgehead atoms. The zero-order valence-electron chi connectivity index (χ0n) is 65.4. The molecule has 8 nitrogen and oxygen atoms in total. The summed E-state index contributed by atoms with van der Waals surface area (Å²) in [4.78, 5) is 0. The van der Waals surface area contributed by atoms with Gasteiger partial charge in [-0.15, -0.1) is 0 Å². The van der Waals surface area contributed by atoms with Crippen LogP contribution in [0.3, 0.4) is 0 Å². The highest BCUT2D eigenvalue weighted by molar-refractivity contribution is 7.81. The lowest BCUT2D eigenvalue weighted by Crippen LogP contribution is -2.36. The van der Waals surface area contributed by atoms with Crippen molar-refractivity contribution in [3.63, 3.8) is 0 Å². The maximum absolute atomic E-state index is 7.80. The van der Waals surface area contributed by atoms with Crippen LogP contribution < -0.4 is 82.6 Å². The predicted molar refractivity (Wildman–Crippen MR) is 466 cm³/mol. The largest absolute Gasteiger partial charge is 0.490 e. The second kappa shape index (κ2) is 35.4. The maximum atomic E-state index is 7.80. The van der Waals surface area contributed by atoms with E-state index < -0.39 is 67.7 Å². The average molecular weight is 1530 g/mol. The summed E-state index contributed by atoms with van der Waals surface area (Å²) >= 11 is 0. The lowest BCUT2D eigenvalue weighted by atomic mass is 9.86. The first-order valence-corrected chi connectivity index (χ1v) is 44.2. The van der Waals surface area contributed by atoms with Crippen molar-refractivity contribution in [1.29, 1.82) is 0 Å². The minimum atomic E-state index is -1.18. The van der Waals surface area contributed by atoms with Crippen LogP contribution in [0.1, 0.15) is 129 Å². The summed E-state index contributed by atoms with van der Waals surface area (Å²) in [7, 11) is -4.35. The Kier molecular flexibility index (Phi) is 25.1. The van der Waals surface area contributed by atoms with Gasteiger partial charge in [-0.1, -0.05) is 347 Å². The van der Waals surface area contributed by atoms with Crippen LogP contribution in [0.15, 0.2) is 303 Å². The normalized spacial score (nSPS) is 16.8. The lowest BCUT2D eigenvalue weighted by molar-refractivity contribution is -0.150. The fraction of sp³-hybridized carbons (Fsp3) is 0.265. The van der Waals surface area contributed by atoms with Gasteiger partial charge in [-0.3, -0.25) is 0 Å². The van der Waals surface area contributed by atoms with Crippen molar-refractivity contribution in [2.24, 2.45) is 0 Å². The highest BCUT2D eigenvalue weighted by atomic mass is 31.1. The van der Waals surface area contributed by atoms with E-state index in [0.29, 0.717) is 0 Å². The molecule has 562 valence electrons. The molecule has 0 aliphatic carbocycles. The summed E-state index contributed by atoms with van der Waals surface area (Å²) in [6.07, 6.45) is -2.02. The van der Waals surface area contributed by atoms with Gasteiger partial charge in [-0.2, -0.15) is 0 Å². The Balaban J connectivity index is 0.877. The number of hydrogen-bond acceptors (Lipinski definition) is 8. The molecule has 0 unspecified atom stereocenters. The van der Waals surface area contributed by atoms with E-state index in [4.69, 9.17) is 37.9 Å². The summed E-state index contributed by atoms with van der Waals surface area (Å²) in [6, 6.07) is 110. The van der Waals surface area contributed by atoms with Gasteiger partial charge in [0.1, 0.15) is 73.8 Å². The smallest absolute Gasteiger partial charge is 0.164 e. The first-order chi connectivity index (χ1) is 53.4. The van der Waals surface area contributed by atoms with Crippen molar-refractivity contribution in [2.45, 2.75) is 143 Å². The highest BCUT2D eigenvalue weighted by Gasteiger charge is 2.45. The summed E-state index contributed by atoms with van der Waals surface area (Å²) < 4.78 is 58.4. The van der Waals surface area contributed by atoms with Gasteiger partial charge in [0.2, 0.25) is 0 Å². The van der Waals surface area contributed by atoms with E-state index in [1.54, 1.807) is 0 Å². The van der Waals surface area contributed by atoms with E-state index in [1.807, 2.05) is 27.7 Å². The molecule has 0 radical (unpaired) electrons. The molecule has 2 saturated heterocycles. The summed E-state index contributed by atoms with van der Waals surface area (Å²) in [5.74, 6) is 1.92. The topological polar surface area (TPSA) is 73.8 Å². The zero-order valence-corrected chi connectivity index (χ0v) is 68.9. The SMILES string of the molecule is CC(C)c1cccc(P(c2ccccc2)c2ccccc2)c1OC[C@@H]1OC(C)(C)O[C@H]1COc1c(P(c2ccccc2)c2ccccc2)ccc(-c2ccc(P(c3ccccc3)c3ccccc3)c(OC[C@H]3OC(C)(C)O[C@@H]3COc3c(C(C)C)cccc3P(c3ccccc3)c3ccccc3)c2C(C)C)c1C(C)C. The van der Waals surface area contributed by atoms with Crippen molar-refractivity contribution < 1.29 is 37.9 Å². The molecule has 14 rings (SSSR count). The summed E-state index contributed by atoms with van der Waals surface area (Å²) in [6.45, 7) is 27.1. The Morgan fingerprint density at radius 1 is 0.245 bits per heavy atom. The molecular weight excluding hydrogens is 1430 g/mol. The predicted octanol–water partition coefficient (Wildman–Crippen LogP) is 18.8. The highest BCUT2D eigenvalue weighted by Crippen LogP contribution is 2.50. The molecule has 0 aromatic heterocycles. The molecule has 2 aliphatic rings. The first-order valence-electron chi connectivity index (χ1n) is 38.8. The van der Waals surface area contributed by atoms with E-state index in [-0.39, 0.29) is 50.1 Å². The number of para-hydroxylation sites is 2. The van der Waals surface area contributed by atoms with E-state index in [9.17, 15) is 0 Å². The second-order valence-corrected chi connectivity index (χ2v) is 39.2. The van der Waals surface area contributed by atoms with Crippen LogP contribution in [0.25, 0.3) is 11.1 Å². The molecule has 2 aliphatic heterocycles. The Hall–Kier alpha value is -8.60. The number of rotatable bonds is 29. The lowest BCUT2D eigenvalue weighted by Gasteiger charge is -2.31. The summed E-state index contributed by atoms with van der Waals surface area (Å²) in [5, 5.41) is 14.5. The van der Waals surface area contributed by atoms with Crippen LogP contribution >= 0.6 is 31.7 Å². The minimum Gasteiger partial charge on any atom is -0.490 e. The Morgan fingerprint density at radius 2 is 0.455 bits per heavy atom. The number of ether oxygens (including phenoxy) is 8. The molecule has 12 heteroatoms. The van der Waals surface area contributed by atoms with Crippen LogP contribution in [0.4, 0.5) is 0 Å². The number of benzene rings is 12. The third-order valence-corrected chi connectivity index (χ3v) is 30.2. The van der Waals surface area contributed by atoms with E-state index in [0.717, 1.165) is 67.0 Å². The van der Waals surface area contributed by atoms with Gasteiger partial charge in [-0.25, -0.2) is 0 Å². The van der Waals surface area contributed by atoms with E-state index >= 15 is 0 Å².